The predicted molar refractivity (Wildman–Crippen MR) is 146 cm³/mol. The molecule has 1 aliphatic heterocycles. The molecule has 3 heterocycles. The standard InChI is InChI=1S/C31H28FN5O/c1-3-27-26-20-36(31(38)33-24-13-8-12-23(32)19-24)29(22-11-7-10-21(2)18-22)28-16-9-17-35(28)30(26)37(34-27)25-14-5-4-6-15-25/h4-19,29H,3,20H2,1-2H3,(H,33,38)/t29-/m1/s1. The topological polar surface area (TPSA) is 55.1 Å². The lowest BCUT2D eigenvalue weighted by Crippen LogP contribution is -2.38. The number of nitrogens with zero attached hydrogens (tertiary/aromatic N) is 4. The van der Waals surface area contributed by atoms with Crippen LogP contribution >= 0.6 is 0 Å². The third-order valence-corrected chi connectivity index (χ3v) is 7.00. The highest BCUT2D eigenvalue weighted by molar-refractivity contribution is 5.90. The largest absolute Gasteiger partial charge is 0.322 e. The molecule has 38 heavy (non-hydrogen) atoms. The number of anilines is 1. The van der Waals surface area contributed by atoms with E-state index in [1.54, 1.807) is 12.1 Å². The minimum atomic E-state index is -0.400. The second kappa shape index (κ2) is 9.67. The highest BCUT2D eigenvalue weighted by Crippen LogP contribution is 2.39. The number of aromatic nitrogens is 3. The van der Waals surface area contributed by atoms with Gasteiger partial charge in [0.1, 0.15) is 11.6 Å². The second-order valence-corrected chi connectivity index (χ2v) is 9.54. The van der Waals surface area contributed by atoms with Gasteiger partial charge in [0, 0.05) is 17.4 Å². The van der Waals surface area contributed by atoms with Crippen LogP contribution in [0.2, 0.25) is 0 Å². The summed E-state index contributed by atoms with van der Waals surface area (Å²) in [7, 11) is 0. The molecule has 6 rings (SSSR count). The summed E-state index contributed by atoms with van der Waals surface area (Å²) >= 11 is 0. The Bertz CT molecular complexity index is 1620. The molecule has 0 spiro atoms. The fraction of sp³-hybridized carbons (Fsp3) is 0.161. The van der Waals surface area contributed by atoms with E-state index in [9.17, 15) is 9.18 Å². The maximum atomic E-state index is 14.0. The fourth-order valence-corrected chi connectivity index (χ4v) is 5.30. The minimum Gasteiger partial charge on any atom is -0.308 e. The van der Waals surface area contributed by atoms with Gasteiger partial charge < -0.3 is 14.8 Å². The molecule has 0 saturated heterocycles. The van der Waals surface area contributed by atoms with Crippen molar-refractivity contribution in [2.45, 2.75) is 32.9 Å². The Morgan fingerprint density at radius 3 is 2.58 bits per heavy atom. The van der Waals surface area contributed by atoms with Crippen molar-refractivity contribution in [3.63, 3.8) is 0 Å². The first-order valence-corrected chi connectivity index (χ1v) is 12.8. The maximum absolute atomic E-state index is 14.0. The number of para-hydroxylation sites is 1. The summed E-state index contributed by atoms with van der Waals surface area (Å²) in [5, 5.41) is 7.92. The maximum Gasteiger partial charge on any atom is 0.322 e. The number of amides is 2. The van der Waals surface area contributed by atoms with Crippen LogP contribution in [0, 0.1) is 12.7 Å². The molecule has 2 amide bonds. The van der Waals surface area contributed by atoms with Gasteiger partial charge in [0.25, 0.3) is 0 Å². The molecule has 2 aromatic heterocycles. The van der Waals surface area contributed by atoms with Gasteiger partial charge in [-0.1, -0.05) is 61.0 Å². The quantitative estimate of drug-likeness (QED) is 0.292. The molecule has 1 aliphatic rings. The molecule has 1 atom stereocenters. The van der Waals surface area contributed by atoms with Crippen molar-refractivity contribution in [2.24, 2.45) is 0 Å². The van der Waals surface area contributed by atoms with Crippen LogP contribution in [0.25, 0.3) is 11.5 Å². The summed E-state index contributed by atoms with van der Waals surface area (Å²) < 4.78 is 18.1. The highest BCUT2D eigenvalue weighted by atomic mass is 19.1. The van der Waals surface area contributed by atoms with Crippen LogP contribution in [0.1, 0.15) is 41.0 Å². The van der Waals surface area contributed by atoms with E-state index in [1.165, 1.54) is 12.1 Å². The van der Waals surface area contributed by atoms with Crippen molar-refractivity contribution in [3.05, 3.63) is 131 Å². The summed E-state index contributed by atoms with van der Waals surface area (Å²) in [6.07, 6.45) is 2.75. The zero-order valence-electron chi connectivity index (χ0n) is 21.3. The first kappa shape index (κ1) is 23.7. The van der Waals surface area contributed by atoms with E-state index in [-0.39, 0.29) is 12.1 Å². The van der Waals surface area contributed by atoms with Crippen molar-refractivity contribution in [1.82, 2.24) is 19.2 Å². The molecule has 0 radical (unpaired) electrons. The molecule has 0 unspecified atom stereocenters. The lowest BCUT2D eigenvalue weighted by molar-refractivity contribution is 0.194. The molecule has 5 aromatic rings. The van der Waals surface area contributed by atoms with Gasteiger partial charge in [0.05, 0.1) is 29.7 Å². The average Bonchev–Trinajstić information content (AvgIpc) is 3.50. The number of aryl methyl sites for hydroxylation is 2. The number of urea groups is 1. The lowest BCUT2D eigenvalue weighted by atomic mass is 10.00. The smallest absolute Gasteiger partial charge is 0.308 e. The summed E-state index contributed by atoms with van der Waals surface area (Å²) in [5.74, 6) is 0.522. The van der Waals surface area contributed by atoms with Gasteiger partial charge in [0.15, 0.2) is 0 Å². The highest BCUT2D eigenvalue weighted by Gasteiger charge is 2.36. The summed E-state index contributed by atoms with van der Waals surface area (Å²) in [6, 6.07) is 27.6. The SMILES string of the molecule is CCc1nn(-c2ccccc2)c2c1CN(C(=O)Nc1cccc(F)c1)[C@H](c1cccc(C)c1)c1cccn1-2. The Balaban J connectivity index is 1.56. The summed E-state index contributed by atoms with van der Waals surface area (Å²) in [6.45, 7) is 4.47. The zero-order valence-corrected chi connectivity index (χ0v) is 21.3. The number of halogens is 1. The van der Waals surface area contributed by atoms with E-state index in [1.807, 2.05) is 71.2 Å². The number of hydrogen-bond donors (Lipinski definition) is 1. The minimum absolute atomic E-state index is 0.308. The van der Waals surface area contributed by atoms with Gasteiger partial charge in [-0.2, -0.15) is 5.10 Å². The van der Waals surface area contributed by atoms with Crippen LogP contribution in [0.5, 0.6) is 0 Å². The number of benzene rings is 3. The Morgan fingerprint density at radius 1 is 1.00 bits per heavy atom. The zero-order chi connectivity index (χ0) is 26.2. The molecular formula is C31H28FN5O. The van der Waals surface area contributed by atoms with Gasteiger partial charge in [0.2, 0.25) is 0 Å². The molecule has 7 heteroatoms. The Labute approximate surface area is 221 Å². The van der Waals surface area contributed by atoms with Crippen LogP contribution in [-0.4, -0.2) is 25.3 Å². The van der Waals surface area contributed by atoms with Crippen LogP contribution in [0.4, 0.5) is 14.9 Å². The molecule has 190 valence electrons. The van der Waals surface area contributed by atoms with Crippen molar-refractivity contribution in [2.75, 3.05) is 5.32 Å². The Hall–Kier alpha value is -4.65. The third kappa shape index (κ3) is 4.16. The number of carbonyl (C=O) groups is 1. The van der Waals surface area contributed by atoms with Crippen LogP contribution in [0.3, 0.4) is 0 Å². The lowest BCUT2D eigenvalue weighted by Gasteiger charge is -2.31. The average molecular weight is 506 g/mol. The Kier molecular flexibility index (Phi) is 6.04. The van der Waals surface area contributed by atoms with E-state index in [0.717, 1.165) is 39.6 Å². The Morgan fingerprint density at radius 2 is 1.82 bits per heavy atom. The van der Waals surface area contributed by atoms with Crippen molar-refractivity contribution in [3.8, 4) is 11.5 Å². The second-order valence-electron chi connectivity index (χ2n) is 9.54. The van der Waals surface area contributed by atoms with Crippen molar-refractivity contribution < 1.29 is 9.18 Å². The first-order valence-electron chi connectivity index (χ1n) is 12.8. The number of rotatable bonds is 4. The van der Waals surface area contributed by atoms with Crippen molar-refractivity contribution in [1.29, 1.82) is 0 Å². The molecule has 0 fully saturated rings. The predicted octanol–water partition coefficient (Wildman–Crippen LogP) is 6.81. The van der Waals surface area contributed by atoms with Gasteiger partial charge >= 0.3 is 6.03 Å². The summed E-state index contributed by atoms with van der Waals surface area (Å²) in [5.41, 5.74) is 6.33. The molecule has 0 bridgehead atoms. The summed E-state index contributed by atoms with van der Waals surface area (Å²) in [4.78, 5) is 15.8. The van der Waals surface area contributed by atoms with Gasteiger partial charge in [-0.05, 0) is 61.4 Å². The molecular weight excluding hydrogens is 477 g/mol. The van der Waals surface area contributed by atoms with E-state index in [4.69, 9.17) is 5.10 Å². The number of fused-ring (bicyclic) bond motifs is 3. The van der Waals surface area contributed by atoms with Gasteiger partial charge in [-0.25, -0.2) is 13.9 Å². The van der Waals surface area contributed by atoms with E-state index >= 15 is 0 Å². The van der Waals surface area contributed by atoms with Crippen LogP contribution in [0.15, 0.2) is 97.2 Å². The van der Waals surface area contributed by atoms with Gasteiger partial charge in [-0.3, -0.25) is 0 Å². The van der Waals surface area contributed by atoms with E-state index in [0.29, 0.717) is 18.7 Å². The van der Waals surface area contributed by atoms with Crippen LogP contribution < -0.4 is 5.32 Å². The van der Waals surface area contributed by atoms with E-state index < -0.39 is 5.82 Å². The number of hydrogen-bond acceptors (Lipinski definition) is 2. The number of carbonyl (C=O) groups excluding carboxylic acids is 1. The molecule has 1 N–H and O–H groups in total. The molecule has 0 aliphatic carbocycles. The molecule has 6 nitrogen and oxygen atoms in total. The third-order valence-electron chi connectivity index (χ3n) is 7.00. The van der Waals surface area contributed by atoms with Gasteiger partial charge in [-0.15, -0.1) is 0 Å². The molecule has 3 aromatic carbocycles. The number of nitrogens with one attached hydrogen (secondary N) is 1. The van der Waals surface area contributed by atoms with E-state index in [2.05, 4.69) is 35.0 Å². The molecule has 0 saturated carbocycles. The van der Waals surface area contributed by atoms with Crippen molar-refractivity contribution >= 4 is 11.7 Å². The monoisotopic (exact) mass is 505 g/mol. The fourth-order valence-electron chi connectivity index (χ4n) is 5.30. The van der Waals surface area contributed by atoms with Crippen LogP contribution in [-0.2, 0) is 13.0 Å². The first-order chi connectivity index (χ1) is 18.5. The normalized spacial score (nSPS) is 14.5.